The second-order valence-electron chi connectivity index (χ2n) is 10.2. The number of hydrogen-bond acceptors (Lipinski definition) is 6. The summed E-state index contributed by atoms with van der Waals surface area (Å²) in [6, 6.07) is 17.2. The van der Waals surface area contributed by atoms with Crippen molar-refractivity contribution in [1.29, 1.82) is 0 Å². The van der Waals surface area contributed by atoms with Crippen molar-refractivity contribution in [3.8, 4) is 22.5 Å². The van der Waals surface area contributed by atoms with E-state index in [0.29, 0.717) is 34.3 Å². The number of benzene rings is 3. The number of rotatable bonds is 11. The maximum absolute atomic E-state index is 12.5. The number of carboxylic acids is 1. The number of fused-ring (bicyclic) bond motifs is 2. The van der Waals surface area contributed by atoms with E-state index in [1.165, 1.54) is 0 Å². The van der Waals surface area contributed by atoms with E-state index in [1.54, 1.807) is 6.07 Å². The normalized spacial score (nSPS) is 10.9. The summed E-state index contributed by atoms with van der Waals surface area (Å²) in [5.41, 5.74) is 4.40. The molecule has 0 saturated heterocycles. The molecule has 2 aliphatic rings. The molecule has 0 amide bonds. The van der Waals surface area contributed by atoms with Crippen LogP contribution in [-0.2, 0) is 0 Å². The van der Waals surface area contributed by atoms with E-state index in [1.807, 2.05) is 63.5 Å². The Morgan fingerprint density at radius 1 is 0.976 bits per heavy atom. The first kappa shape index (κ1) is 34.2. The average Bonchev–Trinajstić information content (AvgIpc) is 2.95. The van der Waals surface area contributed by atoms with E-state index in [2.05, 4.69) is 45.3 Å². The molecule has 2 aromatic carbocycles. The van der Waals surface area contributed by atoms with Crippen molar-refractivity contribution >= 4 is 45.6 Å². The van der Waals surface area contributed by atoms with Crippen molar-refractivity contribution in [2.75, 3.05) is 57.5 Å². The summed E-state index contributed by atoms with van der Waals surface area (Å²) in [5, 5.41) is 24.4. The largest absolute Gasteiger partial charge is 1.00 e. The first-order valence-corrected chi connectivity index (χ1v) is 14.5. The zero-order valence-electron chi connectivity index (χ0n) is 25.5. The molecule has 0 bridgehead atoms. The summed E-state index contributed by atoms with van der Waals surface area (Å²) in [4.78, 5) is 14.6. The van der Waals surface area contributed by atoms with Crippen LogP contribution in [0.5, 0.6) is 0 Å². The van der Waals surface area contributed by atoms with Crippen molar-refractivity contribution in [2.45, 2.75) is 27.2 Å². The Labute approximate surface area is 296 Å². The van der Waals surface area contributed by atoms with E-state index in [4.69, 9.17) is 16.6 Å². The van der Waals surface area contributed by atoms with Crippen LogP contribution in [0.2, 0.25) is 0 Å². The SMILES string of the molecule is CCNc1ccc2c(-c3ccc(NC(=S)NCCCN(C)C)cc3C(=O)[O-])c3ccc(=[N+](CC)CC)cc-3oc2c1.[K+]. The van der Waals surface area contributed by atoms with Gasteiger partial charge in [0.25, 0.3) is 0 Å². The summed E-state index contributed by atoms with van der Waals surface area (Å²) in [7, 11) is 4.05. The molecule has 8 nitrogen and oxygen atoms in total. The van der Waals surface area contributed by atoms with Crippen LogP contribution in [-0.4, -0.2) is 62.8 Å². The monoisotopic (exact) mass is 612 g/mol. The van der Waals surface area contributed by atoms with Crippen molar-refractivity contribution in [1.82, 2.24) is 14.8 Å². The Hall–Kier alpha value is -2.31. The van der Waals surface area contributed by atoms with Gasteiger partial charge < -0.3 is 35.2 Å². The molecule has 0 aromatic heterocycles. The van der Waals surface area contributed by atoms with Gasteiger partial charge in [-0.2, -0.15) is 0 Å². The fourth-order valence-corrected chi connectivity index (χ4v) is 5.27. The first-order chi connectivity index (χ1) is 19.7. The fraction of sp³-hybridized carbons (Fsp3) is 0.344. The number of nitrogens with zero attached hydrogens (tertiary/aromatic N) is 2. The van der Waals surface area contributed by atoms with Gasteiger partial charge in [-0.1, -0.05) is 6.07 Å². The van der Waals surface area contributed by atoms with Gasteiger partial charge in [-0.3, -0.25) is 0 Å². The fourth-order valence-electron chi connectivity index (χ4n) is 5.05. The molecule has 3 N–H and O–H groups in total. The van der Waals surface area contributed by atoms with Crippen LogP contribution in [0.4, 0.5) is 11.4 Å². The Kier molecular flexibility index (Phi) is 13.0. The minimum Gasteiger partial charge on any atom is -0.545 e. The Morgan fingerprint density at radius 2 is 1.69 bits per heavy atom. The Balaban J connectivity index is 0.00000484. The molecule has 2 aromatic rings. The quantitative estimate of drug-likeness (QED) is 0.0761. The summed E-state index contributed by atoms with van der Waals surface area (Å²) in [6.45, 7) is 10.4. The van der Waals surface area contributed by atoms with Gasteiger partial charge >= 0.3 is 51.4 Å². The average molecular weight is 613 g/mol. The van der Waals surface area contributed by atoms with Gasteiger partial charge in [0.1, 0.15) is 24.4 Å². The van der Waals surface area contributed by atoms with Gasteiger partial charge in [-0.05, 0) is 95.9 Å². The van der Waals surface area contributed by atoms with Gasteiger partial charge in [0, 0.05) is 58.7 Å². The third-order valence-electron chi connectivity index (χ3n) is 7.05. The maximum Gasteiger partial charge on any atom is 1.00 e. The van der Waals surface area contributed by atoms with Crippen molar-refractivity contribution < 1.29 is 65.7 Å². The molecule has 0 unspecified atom stereocenters. The van der Waals surface area contributed by atoms with Crippen LogP contribution in [0, 0.1) is 0 Å². The van der Waals surface area contributed by atoms with Crippen LogP contribution in [0.3, 0.4) is 0 Å². The van der Waals surface area contributed by atoms with Crippen LogP contribution in [0.25, 0.3) is 33.4 Å². The first-order valence-electron chi connectivity index (χ1n) is 14.1. The molecule has 0 spiro atoms. The number of nitrogens with one attached hydrogen (secondary N) is 3. The molecule has 1 aliphatic carbocycles. The third kappa shape index (κ3) is 8.19. The van der Waals surface area contributed by atoms with Gasteiger partial charge in [-0.15, -0.1) is 0 Å². The molecule has 1 heterocycles. The van der Waals surface area contributed by atoms with E-state index in [-0.39, 0.29) is 56.9 Å². The Bertz CT molecular complexity index is 1600. The number of anilines is 2. The number of carbonyl (C=O) groups excluding carboxylic acids is 1. The predicted octanol–water partition coefficient (Wildman–Crippen LogP) is 1.05. The zero-order chi connectivity index (χ0) is 29.5. The summed E-state index contributed by atoms with van der Waals surface area (Å²) < 4.78 is 8.69. The molecule has 4 rings (SSSR count). The van der Waals surface area contributed by atoms with Crippen molar-refractivity contribution in [3.63, 3.8) is 0 Å². The number of hydrogen-bond donors (Lipinski definition) is 3. The van der Waals surface area contributed by atoms with Gasteiger partial charge in [0.05, 0.1) is 12.0 Å². The molecule has 1 aliphatic heterocycles. The molecule has 42 heavy (non-hydrogen) atoms. The number of thiocarbonyl (C=S) groups is 1. The second-order valence-corrected chi connectivity index (χ2v) is 10.6. The zero-order valence-corrected chi connectivity index (χ0v) is 29.4. The van der Waals surface area contributed by atoms with Gasteiger partial charge in [0.2, 0.25) is 5.36 Å². The predicted molar refractivity (Wildman–Crippen MR) is 171 cm³/mol. The Morgan fingerprint density at radius 3 is 2.36 bits per heavy atom. The van der Waals surface area contributed by atoms with E-state index in [0.717, 1.165) is 60.2 Å². The molecule has 0 radical (unpaired) electrons. The van der Waals surface area contributed by atoms with Crippen LogP contribution in [0.1, 0.15) is 37.6 Å². The maximum atomic E-state index is 12.5. The topological polar surface area (TPSA) is 95.6 Å². The number of aromatic carboxylic acids is 1. The molecule has 0 fully saturated rings. The molecule has 216 valence electrons. The second kappa shape index (κ2) is 16.0. The standard InChI is InChI=1S/C32H39N5O3S.K/c1-6-33-21-10-14-25-28(19-21)40-29-20-23(37(7-2)8-3)12-15-26(29)30(25)24-13-11-22(18-27(24)31(38)39)35-32(41)34-16-9-17-36(4)5;/h10-15,18-20H,6-9,16-17H2,1-5H3,(H3,33,34,35,38,39,41);/q;+1. The minimum absolute atomic E-state index is 0. The number of carbonyl (C=O) groups is 1. The number of carboxylic acid groups (broad SMARTS) is 1. The van der Waals surface area contributed by atoms with Crippen molar-refractivity contribution in [2.24, 2.45) is 0 Å². The van der Waals surface area contributed by atoms with Gasteiger partial charge in [0.15, 0.2) is 5.11 Å². The molecule has 10 heteroatoms. The summed E-state index contributed by atoms with van der Waals surface area (Å²) in [5.74, 6) is -0.584. The van der Waals surface area contributed by atoms with Crippen molar-refractivity contribution in [3.05, 3.63) is 65.5 Å². The van der Waals surface area contributed by atoms with Crippen LogP contribution >= 0.6 is 12.2 Å². The van der Waals surface area contributed by atoms with Crippen LogP contribution < -0.4 is 82.4 Å². The third-order valence-corrected chi connectivity index (χ3v) is 7.30. The van der Waals surface area contributed by atoms with E-state index < -0.39 is 5.97 Å². The minimum atomic E-state index is -1.26. The summed E-state index contributed by atoms with van der Waals surface area (Å²) >= 11 is 5.44. The van der Waals surface area contributed by atoms with E-state index in [9.17, 15) is 9.90 Å². The van der Waals surface area contributed by atoms with Crippen LogP contribution in [0.15, 0.2) is 59.0 Å². The molecular formula is C32H39KN5O3S+. The van der Waals surface area contributed by atoms with Gasteiger partial charge in [-0.25, -0.2) is 4.58 Å². The smallest absolute Gasteiger partial charge is 0.545 e. The molecular weight excluding hydrogens is 574 g/mol. The summed E-state index contributed by atoms with van der Waals surface area (Å²) in [6.07, 6.45) is 0.933. The molecule has 0 atom stereocenters. The van der Waals surface area contributed by atoms with E-state index >= 15 is 0 Å². The molecule has 0 saturated carbocycles.